The van der Waals surface area contributed by atoms with Gasteiger partial charge in [-0.3, -0.25) is 9.79 Å². The van der Waals surface area contributed by atoms with Crippen LogP contribution in [-0.2, 0) is 9.53 Å². The van der Waals surface area contributed by atoms with Crippen LogP contribution in [0.5, 0.6) is 0 Å². The zero-order chi connectivity index (χ0) is 17.9. The van der Waals surface area contributed by atoms with Crippen molar-refractivity contribution in [3.8, 4) is 0 Å². The summed E-state index contributed by atoms with van der Waals surface area (Å²) in [5, 5.41) is 6.58. The van der Waals surface area contributed by atoms with Crippen LogP contribution in [0.25, 0.3) is 0 Å². The molecule has 1 saturated heterocycles. The molecule has 0 spiro atoms. The molecule has 1 heterocycles. The van der Waals surface area contributed by atoms with Gasteiger partial charge in [-0.1, -0.05) is 0 Å². The van der Waals surface area contributed by atoms with Crippen LogP contribution in [0.2, 0.25) is 0 Å². The maximum atomic E-state index is 11.7. The number of amides is 2. The maximum Gasteiger partial charge on any atom is 0.409 e. The minimum atomic E-state index is -0.237. The number of nitrogens with one attached hydrogen (secondary N) is 2. The molecule has 0 atom stereocenters. The normalized spacial score (nSPS) is 15.8. The van der Waals surface area contributed by atoms with Gasteiger partial charge in [-0.25, -0.2) is 4.79 Å². The SMILES string of the molecule is CCNC(=NCCC(=O)N(C)C)NC1CCN(C(=O)OCC)CC1. The van der Waals surface area contributed by atoms with E-state index in [1.807, 2.05) is 13.8 Å². The van der Waals surface area contributed by atoms with Crippen LogP contribution < -0.4 is 10.6 Å². The van der Waals surface area contributed by atoms with Crippen LogP contribution in [0.15, 0.2) is 4.99 Å². The van der Waals surface area contributed by atoms with Gasteiger partial charge in [0, 0.05) is 46.2 Å². The minimum Gasteiger partial charge on any atom is -0.450 e. The monoisotopic (exact) mass is 341 g/mol. The number of guanidine groups is 1. The van der Waals surface area contributed by atoms with E-state index in [0.29, 0.717) is 32.7 Å². The van der Waals surface area contributed by atoms with Gasteiger partial charge in [-0.05, 0) is 26.7 Å². The number of hydrogen-bond acceptors (Lipinski definition) is 4. The van der Waals surface area contributed by atoms with E-state index in [1.165, 1.54) is 0 Å². The van der Waals surface area contributed by atoms with Gasteiger partial charge in [0.1, 0.15) is 0 Å². The van der Waals surface area contributed by atoms with Crippen molar-refractivity contribution in [2.24, 2.45) is 4.99 Å². The lowest BCUT2D eigenvalue weighted by molar-refractivity contribution is -0.128. The summed E-state index contributed by atoms with van der Waals surface area (Å²) in [5.41, 5.74) is 0. The Morgan fingerprint density at radius 2 is 1.92 bits per heavy atom. The fourth-order valence-electron chi connectivity index (χ4n) is 2.42. The number of carbonyl (C=O) groups excluding carboxylic acids is 2. The van der Waals surface area contributed by atoms with Crippen LogP contribution in [0.3, 0.4) is 0 Å². The number of hydrogen-bond donors (Lipinski definition) is 2. The molecule has 1 aliphatic rings. The molecule has 0 aromatic carbocycles. The summed E-state index contributed by atoms with van der Waals surface area (Å²) >= 11 is 0. The minimum absolute atomic E-state index is 0.0670. The maximum absolute atomic E-state index is 11.7. The lowest BCUT2D eigenvalue weighted by Gasteiger charge is -2.32. The van der Waals surface area contributed by atoms with Crippen molar-refractivity contribution in [1.82, 2.24) is 20.4 Å². The molecule has 0 bridgehead atoms. The topological polar surface area (TPSA) is 86.3 Å². The highest BCUT2D eigenvalue weighted by Gasteiger charge is 2.24. The van der Waals surface area contributed by atoms with E-state index in [1.54, 1.807) is 23.9 Å². The Bertz CT molecular complexity index is 431. The van der Waals surface area contributed by atoms with Crippen molar-refractivity contribution in [2.45, 2.75) is 39.2 Å². The first-order valence-electron chi connectivity index (χ1n) is 8.64. The predicted octanol–water partition coefficient (Wildman–Crippen LogP) is 0.641. The first-order valence-corrected chi connectivity index (χ1v) is 8.64. The van der Waals surface area contributed by atoms with Crippen LogP contribution in [0.1, 0.15) is 33.1 Å². The predicted molar refractivity (Wildman–Crippen MR) is 94.0 cm³/mol. The lowest BCUT2D eigenvalue weighted by atomic mass is 10.1. The van der Waals surface area contributed by atoms with Crippen molar-refractivity contribution >= 4 is 18.0 Å². The number of likely N-dealkylation sites (tertiary alicyclic amines) is 1. The third-order valence-electron chi connectivity index (χ3n) is 3.80. The van der Waals surface area contributed by atoms with Crippen molar-refractivity contribution in [2.75, 3.05) is 46.9 Å². The fourth-order valence-corrected chi connectivity index (χ4v) is 2.42. The number of nitrogens with zero attached hydrogens (tertiary/aromatic N) is 3. The van der Waals surface area contributed by atoms with Gasteiger partial charge in [0.25, 0.3) is 0 Å². The number of ether oxygens (including phenoxy) is 1. The molecule has 1 fully saturated rings. The molecule has 0 unspecified atom stereocenters. The van der Waals surface area contributed by atoms with E-state index in [2.05, 4.69) is 15.6 Å². The molecule has 8 heteroatoms. The number of aliphatic imine (C=N–C) groups is 1. The quantitative estimate of drug-likeness (QED) is 0.547. The highest BCUT2D eigenvalue weighted by Crippen LogP contribution is 2.11. The number of piperidine rings is 1. The summed E-state index contributed by atoms with van der Waals surface area (Å²) in [7, 11) is 3.49. The van der Waals surface area contributed by atoms with Crippen LogP contribution in [0.4, 0.5) is 4.79 Å². The van der Waals surface area contributed by atoms with Crippen LogP contribution >= 0.6 is 0 Å². The van der Waals surface area contributed by atoms with E-state index in [4.69, 9.17) is 4.74 Å². The Labute approximate surface area is 144 Å². The van der Waals surface area contributed by atoms with Gasteiger partial charge in [0.05, 0.1) is 13.2 Å². The van der Waals surface area contributed by atoms with Gasteiger partial charge in [-0.2, -0.15) is 0 Å². The molecule has 2 N–H and O–H groups in total. The van der Waals surface area contributed by atoms with Crippen LogP contribution in [0, 0.1) is 0 Å². The molecule has 1 rings (SSSR count). The Kier molecular flexibility index (Phi) is 8.96. The van der Waals surface area contributed by atoms with E-state index >= 15 is 0 Å². The fraction of sp³-hybridized carbons (Fsp3) is 0.812. The number of carbonyl (C=O) groups is 2. The largest absolute Gasteiger partial charge is 0.450 e. The average Bonchev–Trinajstić information content (AvgIpc) is 2.55. The van der Waals surface area contributed by atoms with Crippen molar-refractivity contribution in [3.63, 3.8) is 0 Å². The van der Waals surface area contributed by atoms with Crippen molar-refractivity contribution in [3.05, 3.63) is 0 Å². The van der Waals surface area contributed by atoms with Crippen LogP contribution in [-0.4, -0.2) is 80.7 Å². The second-order valence-corrected chi connectivity index (χ2v) is 5.90. The second-order valence-electron chi connectivity index (χ2n) is 5.90. The Hall–Kier alpha value is -1.99. The summed E-state index contributed by atoms with van der Waals surface area (Å²) < 4.78 is 5.03. The smallest absolute Gasteiger partial charge is 0.409 e. The molecule has 0 saturated carbocycles. The Morgan fingerprint density at radius 1 is 1.25 bits per heavy atom. The first-order chi connectivity index (χ1) is 11.5. The van der Waals surface area contributed by atoms with Crippen molar-refractivity contribution < 1.29 is 14.3 Å². The third-order valence-corrected chi connectivity index (χ3v) is 3.80. The average molecular weight is 341 g/mol. The molecule has 1 aliphatic heterocycles. The first kappa shape index (κ1) is 20.1. The highest BCUT2D eigenvalue weighted by atomic mass is 16.6. The molecular weight excluding hydrogens is 310 g/mol. The summed E-state index contributed by atoms with van der Waals surface area (Å²) in [4.78, 5) is 31.1. The molecule has 0 radical (unpaired) electrons. The zero-order valence-electron chi connectivity index (χ0n) is 15.3. The Morgan fingerprint density at radius 3 is 2.46 bits per heavy atom. The molecule has 0 aliphatic carbocycles. The van der Waals surface area contributed by atoms with E-state index in [-0.39, 0.29) is 18.0 Å². The molecule has 24 heavy (non-hydrogen) atoms. The molecular formula is C16H31N5O3. The van der Waals surface area contributed by atoms with E-state index in [0.717, 1.165) is 25.3 Å². The summed E-state index contributed by atoms with van der Waals surface area (Å²) in [6.07, 6.45) is 1.85. The van der Waals surface area contributed by atoms with Gasteiger partial charge < -0.3 is 25.2 Å². The van der Waals surface area contributed by atoms with Gasteiger partial charge in [-0.15, -0.1) is 0 Å². The lowest BCUT2D eigenvalue weighted by Crippen LogP contribution is -2.50. The van der Waals surface area contributed by atoms with Gasteiger partial charge in [0.2, 0.25) is 5.91 Å². The molecule has 2 amide bonds. The zero-order valence-corrected chi connectivity index (χ0v) is 15.3. The third kappa shape index (κ3) is 7.06. The molecule has 138 valence electrons. The van der Waals surface area contributed by atoms with Crippen molar-refractivity contribution in [1.29, 1.82) is 0 Å². The second kappa shape index (κ2) is 10.7. The highest BCUT2D eigenvalue weighted by molar-refractivity contribution is 5.81. The Balaban J connectivity index is 2.43. The molecule has 0 aromatic rings. The standard InChI is InChI=1S/C16H31N5O3/c1-5-17-15(18-10-7-14(22)20(3)4)19-13-8-11-21(12-9-13)16(23)24-6-2/h13H,5-12H2,1-4H3,(H2,17,18,19). The van der Waals surface area contributed by atoms with E-state index < -0.39 is 0 Å². The summed E-state index contributed by atoms with van der Waals surface area (Å²) in [6.45, 7) is 6.78. The van der Waals surface area contributed by atoms with E-state index in [9.17, 15) is 9.59 Å². The summed E-state index contributed by atoms with van der Waals surface area (Å²) in [6, 6.07) is 0.262. The summed E-state index contributed by atoms with van der Waals surface area (Å²) in [5.74, 6) is 0.788. The molecule has 0 aromatic heterocycles. The van der Waals surface area contributed by atoms with Gasteiger partial charge in [0.15, 0.2) is 5.96 Å². The number of rotatable bonds is 6. The van der Waals surface area contributed by atoms with Gasteiger partial charge >= 0.3 is 6.09 Å². The molecule has 8 nitrogen and oxygen atoms in total.